The van der Waals surface area contributed by atoms with Crippen molar-refractivity contribution in [1.82, 2.24) is 14.9 Å². The summed E-state index contributed by atoms with van der Waals surface area (Å²) in [6.45, 7) is 2.12. The first-order chi connectivity index (χ1) is 13.1. The Hall–Kier alpha value is -3.33. The minimum atomic E-state index is -0.479. The lowest BCUT2D eigenvalue weighted by Crippen LogP contribution is -2.01. The van der Waals surface area contributed by atoms with Gasteiger partial charge in [-0.05, 0) is 36.8 Å². The van der Waals surface area contributed by atoms with E-state index in [1.165, 1.54) is 17.0 Å². The third-order valence-electron chi connectivity index (χ3n) is 3.72. The Labute approximate surface area is 160 Å². The molecule has 0 atom stereocenters. The maximum atomic E-state index is 11.2. The lowest BCUT2D eigenvalue weighted by Gasteiger charge is -2.04. The maximum Gasteiger partial charge on any atom is 0.311 e. The van der Waals surface area contributed by atoms with E-state index in [1.807, 2.05) is 30.3 Å². The summed E-state index contributed by atoms with van der Waals surface area (Å²) in [6.07, 6.45) is 2.05. The molecule has 1 heterocycles. The number of benzene rings is 2. The molecule has 138 valence electrons. The van der Waals surface area contributed by atoms with E-state index in [2.05, 4.69) is 15.3 Å². The number of aromatic amines is 1. The summed E-state index contributed by atoms with van der Waals surface area (Å²) >= 11 is 5.23. The van der Waals surface area contributed by atoms with Crippen molar-refractivity contribution in [3.05, 3.63) is 80.4 Å². The number of ether oxygens (including phenoxy) is 1. The molecular weight excluding hydrogens is 366 g/mol. The molecule has 0 radical (unpaired) electrons. The number of H-pyrrole nitrogens is 1. The van der Waals surface area contributed by atoms with Gasteiger partial charge in [-0.3, -0.25) is 15.2 Å². The Balaban J connectivity index is 1.88. The average Bonchev–Trinajstić information content (AvgIpc) is 3.01. The van der Waals surface area contributed by atoms with Crippen LogP contribution in [0.2, 0.25) is 0 Å². The standard InChI is InChI=1S/C18H17N5O3S/c1-2-26-16-9-8-14(10-15(16)23(24)25)12-19-22-17(20-21-18(22)27)11-13-6-4-3-5-7-13/h3-10,12H,2,11H2,1H3,(H,21,27)/b19-12-. The van der Waals surface area contributed by atoms with Crippen LogP contribution in [0, 0.1) is 14.9 Å². The molecule has 0 fully saturated rings. The monoisotopic (exact) mass is 383 g/mol. The number of nitro groups is 1. The highest BCUT2D eigenvalue weighted by Crippen LogP contribution is 2.27. The van der Waals surface area contributed by atoms with Gasteiger partial charge in [0.15, 0.2) is 11.6 Å². The molecule has 0 spiro atoms. The van der Waals surface area contributed by atoms with Crippen LogP contribution in [0.25, 0.3) is 0 Å². The number of hydrogen-bond acceptors (Lipinski definition) is 6. The average molecular weight is 383 g/mol. The second-order valence-electron chi connectivity index (χ2n) is 5.58. The van der Waals surface area contributed by atoms with Gasteiger partial charge in [-0.15, -0.1) is 0 Å². The van der Waals surface area contributed by atoms with E-state index in [0.29, 0.717) is 29.2 Å². The van der Waals surface area contributed by atoms with Crippen molar-refractivity contribution in [2.75, 3.05) is 6.61 Å². The van der Waals surface area contributed by atoms with Gasteiger partial charge >= 0.3 is 5.69 Å². The molecule has 3 aromatic rings. The third-order valence-corrected chi connectivity index (χ3v) is 3.99. The summed E-state index contributed by atoms with van der Waals surface area (Å²) in [4.78, 5) is 10.8. The first-order valence-electron chi connectivity index (χ1n) is 8.24. The van der Waals surface area contributed by atoms with E-state index in [9.17, 15) is 10.1 Å². The third kappa shape index (κ3) is 4.45. The molecule has 0 saturated heterocycles. The van der Waals surface area contributed by atoms with Crippen LogP contribution in [0.5, 0.6) is 5.75 Å². The van der Waals surface area contributed by atoms with E-state index in [-0.39, 0.29) is 11.4 Å². The summed E-state index contributed by atoms with van der Waals surface area (Å²) in [6, 6.07) is 14.5. The van der Waals surface area contributed by atoms with Gasteiger partial charge in [0, 0.05) is 18.1 Å². The zero-order chi connectivity index (χ0) is 19.2. The number of nitro benzene ring substituents is 1. The van der Waals surface area contributed by atoms with Gasteiger partial charge in [0.2, 0.25) is 4.77 Å². The molecule has 0 aliphatic heterocycles. The fourth-order valence-electron chi connectivity index (χ4n) is 2.50. The highest BCUT2D eigenvalue weighted by Gasteiger charge is 2.15. The Morgan fingerprint density at radius 2 is 2.11 bits per heavy atom. The molecule has 0 saturated carbocycles. The summed E-state index contributed by atoms with van der Waals surface area (Å²) in [5.41, 5.74) is 1.51. The molecule has 2 aromatic carbocycles. The van der Waals surface area contributed by atoms with Crippen molar-refractivity contribution in [2.24, 2.45) is 5.10 Å². The summed E-state index contributed by atoms with van der Waals surface area (Å²) in [5.74, 6) is 0.868. The molecule has 1 N–H and O–H groups in total. The second kappa shape index (κ2) is 8.37. The van der Waals surface area contributed by atoms with Crippen molar-refractivity contribution in [2.45, 2.75) is 13.3 Å². The summed E-state index contributed by atoms with van der Waals surface area (Å²) in [7, 11) is 0. The highest BCUT2D eigenvalue weighted by atomic mass is 32.1. The van der Waals surface area contributed by atoms with Gasteiger partial charge in [-0.2, -0.15) is 14.9 Å². The number of nitrogens with zero attached hydrogens (tertiary/aromatic N) is 4. The SMILES string of the molecule is CCOc1ccc(/C=N\n2c(Cc3ccccc3)n[nH]c2=S)cc1[N+](=O)[O-]. The maximum absolute atomic E-state index is 11.2. The fraction of sp³-hybridized carbons (Fsp3) is 0.167. The van der Waals surface area contributed by atoms with E-state index in [4.69, 9.17) is 17.0 Å². The molecule has 27 heavy (non-hydrogen) atoms. The van der Waals surface area contributed by atoms with E-state index < -0.39 is 4.92 Å². The molecule has 0 aliphatic rings. The van der Waals surface area contributed by atoms with Gasteiger partial charge < -0.3 is 4.74 Å². The Morgan fingerprint density at radius 3 is 2.81 bits per heavy atom. The second-order valence-corrected chi connectivity index (χ2v) is 5.97. The van der Waals surface area contributed by atoms with E-state index in [1.54, 1.807) is 19.1 Å². The molecule has 0 amide bonds. The number of hydrogen-bond donors (Lipinski definition) is 1. The van der Waals surface area contributed by atoms with Crippen molar-refractivity contribution >= 4 is 24.1 Å². The zero-order valence-electron chi connectivity index (χ0n) is 14.5. The number of rotatable bonds is 7. The quantitative estimate of drug-likeness (QED) is 0.290. The highest BCUT2D eigenvalue weighted by molar-refractivity contribution is 7.71. The largest absolute Gasteiger partial charge is 0.487 e. The van der Waals surface area contributed by atoms with Crippen molar-refractivity contribution in [1.29, 1.82) is 0 Å². The van der Waals surface area contributed by atoms with Crippen LogP contribution in [0.3, 0.4) is 0 Å². The normalized spacial score (nSPS) is 11.0. The molecule has 3 rings (SSSR count). The van der Waals surface area contributed by atoms with E-state index >= 15 is 0 Å². The Morgan fingerprint density at radius 1 is 1.33 bits per heavy atom. The number of aromatic nitrogens is 3. The lowest BCUT2D eigenvalue weighted by atomic mass is 10.1. The van der Waals surface area contributed by atoms with Crippen molar-refractivity contribution in [3.8, 4) is 5.75 Å². The van der Waals surface area contributed by atoms with Gasteiger partial charge in [0.1, 0.15) is 0 Å². The van der Waals surface area contributed by atoms with Crippen LogP contribution < -0.4 is 4.74 Å². The van der Waals surface area contributed by atoms with Gasteiger partial charge in [-0.25, -0.2) is 0 Å². The molecule has 8 nitrogen and oxygen atoms in total. The molecular formula is C18H17N5O3S. The van der Waals surface area contributed by atoms with Crippen LogP contribution in [-0.4, -0.2) is 32.6 Å². The minimum absolute atomic E-state index is 0.110. The summed E-state index contributed by atoms with van der Waals surface area (Å²) in [5, 5.41) is 22.5. The Kier molecular flexibility index (Phi) is 5.72. The topological polar surface area (TPSA) is 98.3 Å². The van der Waals surface area contributed by atoms with Gasteiger partial charge in [0.25, 0.3) is 0 Å². The molecule has 0 aliphatic carbocycles. The van der Waals surface area contributed by atoms with Crippen LogP contribution in [0.15, 0.2) is 53.6 Å². The van der Waals surface area contributed by atoms with E-state index in [0.717, 1.165) is 5.56 Å². The van der Waals surface area contributed by atoms with Gasteiger partial charge in [-0.1, -0.05) is 30.3 Å². The zero-order valence-corrected chi connectivity index (χ0v) is 15.3. The van der Waals surface area contributed by atoms with Crippen LogP contribution >= 0.6 is 12.2 Å². The van der Waals surface area contributed by atoms with Crippen molar-refractivity contribution in [3.63, 3.8) is 0 Å². The lowest BCUT2D eigenvalue weighted by molar-refractivity contribution is -0.385. The van der Waals surface area contributed by atoms with Crippen molar-refractivity contribution < 1.29 is 9.66 Å². The first kappa shape index (κ1) is 18.5. The first-order valence-corrected chi connectivity index (χ1v) is 8.65. The molecule has 1 aromatic heterocycles. The summed E-state index contributed by atoms with van der Waals surface area (Å²) < 4.78 is 7.13. The predicted octanol–water partition coefficient (Wildman–Crippen LogP) is 3.72. The Bertz CT molecular complexity index is 1030. The minimum Gasteiger partial charge on any atom is -0.487 e. The molecule has 0 bridgehead atoms. The molecule has 0 unspecified atom stereocenters. The van der Waals surface area contributed by atoms with Crippen LogP contribution in [0.4, 0.5) is 5.69 Å². The van der Waals surface area contributed by atoms with Gasteiger partial charge in [0.05, 0.1) is 17.7 Å². The molecule has 9 heteroatoms. The predicted molar refractivity (Wildman–Crippen MR) is 104 cm³/mol. The van der Waals surface area contributed by atoms with Crippen LogP contribution in [-0.2, 0) is 6.42 Å². The smallest absolute Gasteiger partial charge is 0.311 e. The fourth-order valence-corrected chi connectivity index (χ4v) is 2.69. The van der Waals surface area contributed by atoms with Crippen LogP contribution in [0.1, 0.15) is 23.9 Å². The number of nitrogens with one attached hydrogen (secondary N) is 1.